The molecule has 0 bridgehead atoms. The molecule has 2 amide bonds. The standard InChI is InChI=1S/C17H22N2O6S/c1-2-19(17(21)12-5-8-26(22,23)11-12)10-16(20)18-13-3-4-14-15(9-13)25-7-6-24-14/h3-4,9,12H,2,5-8,10-11H2,1H3,(H,18,20)/t12-/m0/s1. The molecule has 0 aromatic heterocycles. The van der Waals surface area contributed by atoms with Crippen LogP contribution in [0.25, 0.3) is 0 Å². The molecule has 26 heavy (non-hydrogen) atoms. The van der Waals surface area contributed by atoms with Gasteiger partial charge < -0.3 is 19.7 Å². The smallest absolute Gasteiger partial charge is 0.243 e. The molecule has 1 atom stereocenters. The van der Waals surface area contributed by atoms with E-state index in [2.05, 4.69) is 5.32 Å². The van der Waals surface area contributed by atoms with Gasteiger partial charge in [0.05, 0.1) is 24.0 Å². The van der Waals surface area contributed by atoms with Gasteiger partial charge in [-0.15, -0.1) is 0 Å². The van der Waals surface area contributed by atoms with Crippen molar-refractivity contribution >= 4 is 27.3 Å². The van der Waals surface area contributed by atoms with Crippen molar-refractivity contribution in [1.29, 1.82) is 0 Å². The Hall–Kier alpha value is -2.29. The SMILES string of the molecule is CCN(CC(=O)Nc1ccc2c(c1)OCCO2)C(=O)[C@H]1CCS(=O)(=O)C1. The molecule has 1 aromatic carbocycles. The van der Waals surface area contributed by atoms with Gasteiger partial charge in [0.1, 0.15) is 13.2 Å². The minimum Gasteiger partial charge on any atom is -0.486 e. The first-order chi connectivity index (χ1) is 12.4. The molecule has 0 aliphatic carbocycles. The van der Waals surface area contributed by atoms with Crippen LogP contribution >= 0.6 is 0 Å². The van der Waals surface area contributed by atoms with E-state index in [1.807, 2.05) is 0 Å². The average Bonchev–Trinajstić information content (AvgIpc) is 2.99. The van der Waals surface area contributed by atoms with Gasteiger partial charge in [-0.2, -0.15) is 0 Å². The van der Waals surface area contributed by atoms with E-state index in [0.717, 1.165) is 0 Å². The number of anilines is 1. The van der Waals surface area contributed by atoms with E-state index in [-0.39, 0.29) is 29.9 Å². The fourth-order valence-electron chi connectivity index (χ4n) is 3.09. The summed E-state index contributed by atoms with van der Waals surface area (Å²) >= 11 is 0. The minimum atomic E-state index is -3.14. The summed E-state index contributed by atoms with van der Waals surface area (Å²) in [5.74, 6) is -0.0995. The largest absolute Gasteiger partial charge is 0.486 e. The van der Waals surface area contributed by atoms with E-state index in [1.54, 1.807) is 25.1 Å². The van der Waals surface area contributed by atoms with Gasteiger partial charge in [0, 0.05) is 18.3 Å². The third kappa shape index (κ3) is 4.27. The van der Waals surface area contributed by atoms with Gasteiger partial charge in [0.2, 0.25) is 11.8 Å². The van der Waals surface area contributed by atoms with E-state index in [1.165, 1.54) is 4.90 Å². The van der Waals surface area contributed by atoms with Crippen LogP contribution in [0.15, 0.2) is 18.2 Å². The molecule has 142 valence electrons. The monoisotopic (exact) mass is 382 g/mol. The van der Waals surface area contributed by atoms with Crippen molar-refractivity contribution in [3.8, 4) is 11.5 Å². The first-order valence-corrected chi connectivity index (χ1v) is 10.4. The van der Waals surface area contributed by atoms with Crippen LogP contribution in [0.1, 0.15) is 13.3 Å². The van der Waals surface area contributed by atoms with Crippen LogP contribution in [-0.4, -0.2) is 62.9 Å². The Morgan fingerprint density at radius 2 is 1.96 bits per heavy atom. The maximum atomic E-state index is 12.5. The second-order valence-electron chi connectivity index (χ2n) is 6.36. The van der Waals surface area contributed by atoms with E-state index < -0.39 is 15.8 Å². The van der Waals surface area contributed by atoms with E-state index in [0.29, 0.717) is 43.4 Å². The molecular weight excluding hydrogens is 360 g/mol. The number of likely N-dealkylation sites (N-methyl/N-ethyl adjacent to an activating group) is 1. The lowest BCUT2D eigenvalue weighted by Crippen LogP contribution is -2.41. The predicted molar refractivity (Wildman–Crippen MR) is 95.1 cm³/mol. The van der Waals surface area contributed by atoms with Crippen molar-refractivity contribution in [2.24, 2.45) is 5.92 Å². The number of ether oxygens (including phenoxy) is 2. The Kier molecular flexibility index (Phi) is 5.36. The molecule has 0 unspecified atom stereocenters. The number of benzene rings is 1. The predicted octanol–water partition coefficient (Wildman–Crippen LogP) is 0.680. The molecular formula is C17H22N2O6S. The number of amides is 2. The van der Waals surface area contributed by atoms with Crippen molar-refractivity contribution in [3.63, 3.8) is 0 Å². The zero-order valence-corrected chi connectivity index (χ0v) is 15.4. The molecule has 8 nitrogen and oxygen atoms in total. The number of hydrogen-bond donors (Lipinski definition) is 1. The van der Waals surface area contributed by atoms with Crippen molar-refractivity contribution in [3.05, 3.63) is 18.2 Å². The van der Waals surface area contributed by atoms with Crippen LogP contribution in [0, 0.1) is 5.92 Å². The number of fused-ring (bicyclic) bond motifs is 1. The highest BCUT2D eigenvalue weighted by atomic mass is 32.2. The molecule has 0 spiro atoms. The van der Waals surface area contributed by atoms with E-state index >= 15 is 0 Å². The maximum absolute atomic E-state index is 12.5. The third-order valence-corrected chi connectivity index (χ3v) is 6.20. The number of nitrogens with one attached hydrogen (secondary N) is 1. The minimum absolute atomic E-state index is 0.0321. The number of nitrogens with zero attached hydrogens (tertiary/aromatic N) is 1. The van der Waals surface area contributed by atoms with Crippen molar-refractivity contribution in [1.82, 2.24) is 4.90 Å². The van der Waals surface area contributed by atoms with E-state index in [4.69, 9.17) is 9.47 Å². The van der Waals surface area contributed by atoms with Gasteiger partial charge in [-0.1, -0.05) is 0 Å². The van der Waals surface area contributed by atoms with Gasteiger partial charge in [0.25, 0.3) is 0 Å². The highest BCUT2D eigenvalue weighted by molar-refractivity contribution is 7.91. The summed E-state index contributed by atoms with van der Waals surface area (Å²) in [6.45, 7) is 2.92. The summed E-state index contributed by atoms with van der Waals surface area (Å²) in [5, 5.41) is 2.73. The third-order valence-electron chi connectivity index (χ3n) is 4.44. The van der Waals surface area contributed by atoms with Crippen LogP contribution in [0.5, 0.6) is 11.5 Å². The average molecular weight is 382 g/mol. The van der Waals surface area contributed by atoms with E-state index in [9.17, 15) is 18.0 Å². The molecule has 3 rings (SSSR count). The number of sulfone groups is 1. The number of carbonyl (C=O) groups excluding carboxylic acids is 2. The fraction of sp³-hybridized carbons (Fsp3) is 0.529. The number of carbonyl (C=O) groups is 2. The normalized spacial score (nSPS) is 20.4. The van der Waals surface area contributed by atoms with Crippen LogP contribution in [0.2, 0.25) is 0 Å². The molecule has 1 aromatic rings. The van der Waals surface area contributed by atoms with Crippen molar-refractivity contribution < 1.29 is 27.5 Å². The maximum Gasteiger partial charge on any atom is 0.243 e. The molecule has 1 fully saturated rings. The lowest BCUT2D eigenvalue weighted by molar-refractivity contribution is -0.137. The molecule has 1 N–H and O–H groups in total. The van der Waals surface area contributed by atoms with Crippen molar-refractivity contribution in [2.45, 2.75) is 13.3 Å². The number of rotatable bonds is 5. The zero-order chi connectivity index (χ0) is 18.7. The zero-order valence-electron chi connectivity index (χ0n) is 14.6. The molecule has 0 saturated carbocycles. The van der Waals surface area contributed by atoms with Gasteiger partial charge in [0.15, 0.2) is 21.3 Å². The van der Waals surface area contributed by atoms with Gasteiger partial charge in [-0.3, -0.25) is 9.59 Å². The Morgan fingerprint density at radius 3 is 2.62 bits per heavy atom. The second-order valence-corrected chi connectivity index (χ2v) is 8.59. The quantitative estimate of drug-likeness (QED) is 0.803. The fourth-order valence-corrected chi connectivity index (χ4v) is 4.82. The Balaban J connectivity index is 1.60. The molecule has 2 aliphatic heterocycles. The summed E-state index contributed by atoms with van der Waals surface area (Å²) in [6, 6.07) is 5.09. The topological polar surface area (TPSA) is 102 Å². The molecule has 2 aliphatic rings. The van der Waals surface area contributed by atoms with Gasteiger partial charge >= 0.3 is 0 Å². The van der Waals surface area contributed by atoms with Crippen LogP contribution in [0.3, 0.4) is 0 Å². The highest BCUT2D eigenvalue weighted by Gasteiger charge is 2.35. The Labute approximate surface area is 152 Å². The summed E-state index contributed by atoms with van der Waals surface area (Å²) < 4.78 is 34.0. The van der Waals surface area contributed by atoms with Gasteiger partial charge in [-0.05, 0) is 25.5 Å². The van der Waals surface area contributed by atoms with Crippen LogP contribution in [0.4, 0.5) is 5.69 Å². The van der Waals surface area contributed by atoms with Crippen LogP contribution in [-0.2, 0) is 19.4 Å². The first kappa shape index (κ1) is 18.5. The molecule has 0 radical (unpaired) electrons. The van der Waals surface area contributed by atoms with Crippen molar-refractivity contribution in [2.75, 3.05) is 43.1 Å². The van der Waals surface area contributed by atoms with Gasteiger partial charge in [-0.25, -0.2) is 8.42 Å². The second kappa shape index (κ2) is 7.53. The Bertz CT molecular complexity index is 807. The highest BCUT2D eigenvalue weighted by Crippen LogP contribution is 2.32. The first-order valence-electron chi connectivity index (χ1n) is 8.56. The lowest BCUT2D eigenvalue weighted by Gasteiger charge is -2.23. The Morgan fingerprint density at radius 1 is 1.23 bits per heavy atom. The summed E-state index contributed by atoms with van der Waals surface area (Å²) in [4.78, 5) is 26.2. The molecule has 1 saturated heterocycles. The molecule has 9 heteroatoms. The summed E-state index contributed by atoms with van der Waals surface area (Å²) in [7, 11) is -3.14. The van der Waals surface area contributed by atoms with Crippen LogP contribution < -0.4 is 14.8 Å². The number of hydrogen-bond acceptors (Lipinski definition) is 6. The lowest BCUT2D eigenvalue weighted by atomic mass is 10.1. The summed E-state index contributed by atoms with van der Waals surface area (Å²) in [6.07, 6.45) is 0.321. The molecule has 2 heterocycles. The summed E-state index contributed by atoms with van der Waals surface area (Å²) in [5.41, 5.74) is 0.547.